The van der Waals surface area contributed by atoms with E-state index in [4.69, 9.17) is 9.47 Å². The van der Waals surface area contributed by atoms with Crippen LogP contribution in [0.5, 0.6) is 11.5 Å². The molecule has 3 nitrogen and oxygen atoms in total. The van der Waals surface area contributed by atoms with Crippen LogP contribution in [0.1, 0.15) is 17.3 Å². The molecule has 0 spiro atoms. The Morgan fingerprint density at radius 3 is 2.73 bits per heavy atom. The van der Waals surface area contributed by atoms with Gasteiger partial charge in [0.2, 0.25) is 0 Å². The first-order valence-electron chi connectivity index (χ1n) is 4.63. The molecule has 0 N–H and O–H groups in total. The highest BCUT2D eigenvalue weighted by molar-refractivity contribution is 9.09. The van der Waals surface area contributed by atoms with E-state index in [9.17, 15) is 4.79 Å². The lowest BCUT2D eigenvalue weighted by atomic mass is 10.1. The van der Waals surface area contributed by atoms with Gasteiger partial charge >= 0.3 is 0 Å². The van der Waals surface area contributed by atoms with Crippen molar-refractivity contribution < 1.29 is 14.3 Å². The number of carbonyl (C=O) groups is 1. The Morgan fingerprint density at radius 1 is 1.47 bits per heavy atom. The number of methoxy groups -OCH3 is 1. The van der Waals surface area contributed by atoms with Gasteiger partial charge in [-0.05, 0) is 25.1 Å². The zero-order valence-electron chi connectivity index (χ0n) is 8.75. The van der Waals surface area contributed by atoms with E-state index >= 15 is 0 Å². The van der Waals surface area contributed by atoms with Gasteiger partial charge in [0.15, 0.2) is 5.78 Å². The molecule has 0 saturated carbocycles. The van der Waals surface area contributed by atoms with Crippen LogP contribution in [0, 0.1) is 0 Å². The normalized spacial score (nSPS) is 9.80. The molecule has 0 aliphatic heterocycles. The number of ether oxygens (including phenoxy) is 2. The Balaban J connectivity index is 3.07. The highest BCUT2D eigenvalue weighted by Crippen LogP contribution is 2.24. The minimum Gasteiger partial charge on any atom is -0.496 e. The molecule has 0 saturated heterocycles. The van der Waals surface area contributed by atoms with Crippen molar-refractivity contribution in [2.45, 2.75) is 6.92 Å². The molecule has 0 heterocycles. The standard InChI is InChI=1S/C11H13BrO3/c1-3-15-8-4-5-11(14-2)9(6-8)10(13)7-12/h4-6H,3,7H2,1-2H3. The smallest absolute Gasteiger partial charge is 0.177 e. The first-order valence-corrected chi connectivity index (χ1v) is 5.75. The Hall–Kier alpha value is -1.03. The molecule has 0 amide bonds. The molecule has 0 atom stereocenters. The van der Waals surface area contributed by atoms with E-state index in [0.717, 1.165) is 0 Å². The summed E-state index contributed by atoms with van der Waals surface area (Å²) in [7, 11) is 1.54. The predicted molar refractivity (Wildman–Crippen MR) is 62.3 cm³/mol. The lowest BCUT2D eigenvalue weighted by Gasteiger charge is -2.09. The van der Waals surface area contributed by atoms with Gasteiger partial charge in [-0.2, -0.15) is 0 Å². The third-order valence-corrected chi connectivity index (χ3v) is 2.41. The van der Waals surface area contributed by atoms with Crippen molar-refractivity contribution in [1.29, 1.82) is 0 Å². The van der Waals surface area contributed by atoms with Crippen LogP contribution in [0.2, 0.25) is 0 Å². The molecule has 0 aliphatic carbocycles. The molecule has 0 fully saturated rings. The molecule has 0 radical (unpaired) electrons. The van der Waals surface area contributed by atoms with Crippen LogP contribution >= 0.6 is 15.9 Å². The minimum absolute atomic E-state index is 0.0200. The van der Waals surface area contributed by atoms with Gasteiger partial charge in [-0.15, -0.1) is 0 Å². The highest BCUT2D eigenvalue weighted by atomic mass is 79.9. The van der Waals surface area contributed by atoms with E-state index in [-0.39, 0.29) is 11.1 Å². The second kappa shape index (κ2) is 5.75. The highest BCUT2D eigenvalue weighted by Gasteiger charge is 2.12. The summed E-state index contributed by atoms with van der Waals surface area (Å²) in [5.41, 5.74) is 0.542. The first kappa shape index (κ1) is 12.0. The minimum atomic E-state index is -0.0200. The molecule has 0 aromatic heterocycles. The summed E-state index contributed by atoms with van der Waals surface area (Å²) >= 11 is 3.13. The molecule has 1 aromatic carbocycles. The van der Waals surface area contributed by atoms with Crippen LogP contribution in [0.25, 0.3) is 0 Å². The Morgan fingerprint density at radius 2 is 2.20 bits per heavy atom. The van der Waals surface area contributed by atoms with Crippen LogP contribution in [0.3, 0.4) is 0 Å². The van der Waals surface area contributed by atoms with Crippen molar-refractivity contribution in [2.24, 2.45) is 0 Å². The van der Waals surface area contributed by atoms with Crippen molar-refractivity contribution in [2.75, 3.05) is 19.0 Å². The topological polar surface area (TPSA) is 35.5 Å². The molecule has 0 bridgehead atoms. The molecule has 1 rings (SSSR count). The number of benzene rings is 1. The summed E-state index contributed by atoms with van der Waals surface area (Å²) in [6.45, 7) is 2.48. The van der Waals surface area contributed by atoms with Crippen molar-refractivity contribution in [1.82, 2.24) is 0 Å². The van der Waals surface area contributed by atoms with Crippen LogP contribution in [-0.2, 0) is 0 Å². The van der Waals surface area contributed by atoms with E-state index in [1.807, 2.05) is 6.92 Å². The zero-order valence-corrected chi connectivity index (χ0v) is 10.3. The van der Waals surface area contributed by atoms with E-state index in [1.54, 1.807) is 25.3 Å². The maximum atomic E-state index is 11.6. The number of alkyl halides is 1. The van der Waals surface area contributed by atoms with Crippen molar-refractivity contribution in [3.8, 4) is 11.5 Å². The predicted octanol–water partition coefficient (Wildman–Crippen LogP) is 2.67. The van der Waals surface area contributed by atoms with Crippen LogP contribution in [0.15, 0.2) is 18.2 Å². The number of Topliss-reactive ketones (excluding diaryl/α,β-unsaturated/α-hetero) is 1. The lowest BCUT2D eigenvalue weighted by Crippen LogP contribution is -2.04. The Bertz CT molecular complexity index is 350. The molecule has 15 heavy (non-hydrogen) atoms. The number of halogens is 1. The largest absolute Gasteiger partial charge is 0.496 e. The number of carbonyl (C=O) groups excluding carboxylic acids is 1. The second-order valence-electron chi connectivity index (χ2n) is 2.85. The molecule has 82 valence electrons. The summed E-state index contributed by atoms with van der Waals surface area (Å²) in [6, 6.07) is 5.22. The lowest BCUT2D eigenvalue weighted by molar-refractivity contribution is 0.102. The number of ketones is 1. The molecule has 1 aromatic rings. The van der Waals surface area contributed by atoms with Gasteiger partial charge in [0.05, 0.1) is 24.6 Å². The van der Waals surface area contributed by atoms with Gasteiger partial charge in [-0.1, -0.05) is 15.9 Å². The third-order valence-electron chi connectivity index (χ3n) is 1.90. The van der Waals surface area contributed by atoms with Crippen molar-refractivity contribution in [3.63, 3.8) is 0 Å². The van der Waals surface area contributed by atoms with E-state index in [0.29, 0.717) is 23.7 Å². The number of hydrogen-bond acceptors (Lipinski definition) is 3. The molecule has 0 aliphatic rings. The average molecular weight is 273 g/mol. The Labute approximate surface area is 97.5 Å². The zero-order chi connectivity index (χ0) is 11.3. The van der Waals surface area contributed by atoms with Gasteiger partial charge in [-0.25, -0.2) is 0 Å². The maximum Gasteiger partial charge on any atom is 0.177 e. The van der Waals surface area contributed by atoms with E-state index in [1.165, 1.54) is 0 Å². The van der Waals surface area contributed by atoms with Gasteiger partial charge in [0.25, 0.3) is 0 Å². The molecule has 4 heteroatoms. The second-order valence-corrected chi connectivity index (χ2v) is 3.41. The first-order chi connectivity index (χ1) is 7.22. The summed E-state index contributed by atoms with van der Waals surface area (Å²) < 4.78 is 10.4. The fourth-order valence-corrected chi connectivity index (χ4v) is 1.54. The summed E-state index contributed by atoms with van der Waals surface area (Å²) in [6.07, 6.45) is 0. The van der Waals surface area contributed by atoms with Gasteiger partial charge in [0.1, 0.15) is 11.5 Å². The van der Waals surface area contributed by atoms with Crippen molar-refractivity contribution in [3.05, 3.63) is 23.8 Å². The van der Waals surface area contributed by atoms with E-state index in [2.05, 4.69) is 15.9 Å². The summed E-state index contributed by atoms with van der Waals surface area (Å²) in [5.74, 6) is 1.24. The fourth-order valence-electron chi connectivity index (χ4n) is 1.23. The van der Waals surface area contributed by atoms with Gasteiger partial charge in [0, 0.05) is 0 Å². The molecular weight excluding hydrogens is 260 g/mol. The number of rotatable bonds is 5. The van der Waals surface area contributed by atoms with Crippen LogP contribution < -0.4 is 9.47 Å². The van der Waals surface area contributed by atoms with Crippen LogP contribution in [0.4, 0.5) is 0 Å². The molecular formula is C11H13BrO3. The summed E-state index contributed by atoms with van der Waals surface area (Å²) in [5, 5.41) is 0.277. The number of hydrogen-bond donors (Lipinski definition) is 0. The fraction of sp³-hybridized carbons (Fsp3) is 0.364. The SMILES string of the molecule is CCOc1ccc(OC)c(C(=O)CBr)c1. The monoisotopic (exact) mass is 272 g/mol. The van der Waals surface area contributed by atoms with Gasteiger partial charge in [-0.3, -0.25) is 4.79 Å². The average Bonchev–Trinajstić information content (AvgIpc) is 2.28. The third kappa shape index (κ3) is 2.96. The maximum absolute atomic E-state index is 11.6. The quantitative estimate of drug-likeness (QED) is 0.611. The summed E-state index contributed by atoms with van der Waals surface area (Å²) in [4.78, 5) is 11.6. The van der Waals surface area contributed by atoms with Crippen LogP contribution in [-0.4, -0.2) is 24.8 Å². The van der Waals surface area contributed by atoms with E-state index < -0.39 is 0 Å². The van der Waals surface area contributed by atoms with Gasteiger partial charge < -0.3 is 9.47 Å². The molecule has 0 unspecified atom stereocenters. The Kier molecular flexibility index (Phi) is 4.62. The van der Waals surface area contributed by atoms with Crippen molar-refractivity contribution >= 4 is 21.7 Å².